The van der Waals surface area contributed by atoms with Gasteiger partial charge < -0.3 is 10.2 Å². The molecule has 0 radical (unpaired) electrons. The van der Waals surface area contributed by atoms with Gasteiger partial charge in [-0.25, -0.2) is 4.79 Å². The maximum absolute atomic E-state index is 13.1. The Hall–Kier alpha value is -4.19. The van der Waals surface area contributed by atoms with E-state index in [9.17, 15) is 24.6 Å². The van der Waals surface area contributed by atoms with Crippen LogP contribution in [0.1, 0.15) is 33.1 Å². The van der Waals surface area contributed by atoms with E-state index in [2.05, 4.69) is 0 Å². The quantitative estimate of drug-likeness (QED) is 0.377. The third-order valence-corrected chi connectivity index (χ3v) is 5.26. The molecule has 0 aliphatic carbocycles. The van der Waals surface area contributed by atoms with E-state index < -0.39 is 23.7 Å². The second-order valence-electron chi connectivity index (χ2n) is 7.30. The number of aromatic carboxylic acids is 1. The fraction of sp³-hybridized carbons (Fsp3) is 0.0800. The van der Waals surface area contributed by atoms with E-state index in [4.69, 9.17) is 0 Å². The van der Waals surface area contributed by atoms with E-state index in [-0.39, 0.29) is 22.6 Å². The van der Waals surface area contributed by atoms with E-state index >= 15 is 0 Å². The molecular formula is C25H19NO5. The number of rotatable bonds is 4. The topological polar surface area (TPSA) is 94.9 Å². The summed E-state index contributed by atoms with van der Waals surface area (Å²) in [6, 6.07) is 20.8. The highest BCUT2D eigenvalue weighted by molar-refractivity contribution is 6.51. The van der Waals surface area contributed by atoms with Crippen molar-refractivity contribution in [2.24, 2.45) is 0 Å². The van der Waals surface area contributed by atoms with Crippen LogP contribution >= 0.6 is 0 Å². The molecule has 1 fully saturated rings. The number of carbonyl (C=O) groups excluding carboxylic acids is 2. The summed E-state index contributed by atoms with van der Waals surface area (Å²) < 4.78 is 0. The van der Waals surface area contributed by atoms with Gasteiger partial charge in [0.2, 0.25) is 0 Å². The number of ketones is 1. The Labute approximate surface area is 178 Å². The number of hydrogen-bond donors (Lipinski definition) is 2. The Kier molecular flexibility index (Phi) is 5.13. The number of nitrogens with zero attached hydrogens (tertiary/aromatic N) is 1. The molecule has 3 aromatic carbocycles. The van der Waals surface area contributed by atoms with Gasteiger partial charge in [0.25, 0.3) is 11.7 Å². The fourth-order valence-electron chi connectivity index (χ4n) is 3.71. The zero-order valence-corrected chi connectivity index (χ0v) is 16.6. The van der Waals surface area contributed by atoms with Crippen molar-refractivity contribution >= 4 is 29.1 Å². The molecule has 0 bridgehead atoms. The smallest absolute Gasteiger partial charge is 0.335 e. The number of hydrogen-bond acceptors (Lipinski definition) is 4. The predicted octanol–water partition coefficient (Wildman–Crippen LogP) is 4.32. The van der Waals surface area contributed by atoms with Crippen molar-refractivity contribution in [3.63, 3.8) is 0 Å². The number of aliphatic hydroxyl groups excluding tert-OH is 1. The van der Waals surface area contributed by atoms with Crippen LogP contribution in [0.3, 0.4) is 0 Å². The number of carboxylic acids is 1. The van der Waals surface area contributed by atoms with Crippen LogP contribution in [0.2, 0.25) is 0 Å². The minimum atomic E-state index is -1.14. The SMILES string of the molecule is Cc1ccc(C(O)=C2C(=O)C(=O)N(c3cccc(C(=O)O)c3)C2c2ccccc2)cc1. The summed E-state index contributed by atoms with van der Waals surface area (Å²) in [6.07, 6.45) is 0. The first-order valence-corrected chi connectivity index (χ1v) is 9.65. The second-order valence-corrected chi connectivity index (χ2v) is 7.30. The largest absolute Gasteiger partial charge is 0.507 e. The van der Waals surface area contributed by atoms with Gasteiger partial charge in [-0.2, -0.15) is 0 Å². The van der Waals surface area contributed by atoms with Gasteiger partial charge in [0.05, 0.1) is 17.2 Å². The standard InChI is InChI=1S/C25H19NO5/c1-15-10-12-17(13-11-15)22(27)20-21(16-6-3-2-4-7-16)26(24(29)23(20)28)19-9-5-8-18(14-19)25(30)31/h2-14,21,27H,1H3,(H,30,31). The second kappa shape index (κ2) is 7.91. The number of carboxylic acid groups (broad SMARTS) is 1. The molecule has 4 rings (SSSR count). The average Bonchev–Trinajstić information content (AvgIpc) is 3.05. The first-order chi connectivity index (χ1) is 14.9. The summed E-state index contributed by atoms with van der Waals surface area (Å²) >= 11 is 0. The molecule has 1 saturated heterocycles. The Morgan fingerprint density at radius 1 is 0.839 bits per heavy atom. The number of aryl methyl sites for hydroxylation is 1. The molecule has 154 valence electrons. The van der Waals surface area contributed by atoms with Crippen LogP contribution in [-0.2, 0) is 9.59 Å². The third-order valence-electron chi connectivity index (χ3n) is 5.26. The van der Waals surface area contributed by atoms with Gasteiger partial charge in [-0.15, -0.1) is 0 Å². The Balaban J connectivity index is 1.94. The van der Waals surface area contributed by atoms with Crippen molar-refractivity contribution in [3.05, 3.63) is 107 Å². The molecule has 2 N–H and O–H groups in total. The van der Waals surface area contributed by atoms with Crippen LogP contribution in [0.5, 0.6) is 0 Å². The molecule has 6 heteroatoms. The lowest BCUT2D eigenvalue weighted by molar-refractivity contribution is -0.132. The van der Waals surface area contributed by atoms with E-state index in [0.29, 0.717) is 11.1 Å². The van der Waals surface area contributed by atoms with Gasteiger partial charge in [0, 0.05) is 11.3 Å². The van der Waals surface area contributed by atoms with Gasteiger partial charge in [0.15, 0.2) is 0 Å². The van der Waals surface area contributed by atoms with Crippen LogP contribution in [0.25, 0.3) is 5.76 Å². The van der Waals surface area contributed by atoms with Gasteiger partial charge in [-0.05, 0) is 30.7 Å². The monoisotopic (exact) mass is 413 g/mol. The summed E-state index contributed by atoms with van der Waals surface area (Å²) in [5, 5.41) is 20.4. The number of aliphatic hydroxyl groups is 1. The zero-order valence-electron chi connectivity index (χ0n) is 16.6. The van der Waals surface area contributed by atoms with Crippen molar-refractivity contribution in [3.8, 4) is 0 Å². The predicted molar refractivity (Wildman–Crippen MR) is 116 cm³/mol. The van der Waals surface area contributed by atoms with Gasteiger partial charge >= 0.3 is 5.97 Å². The molecule has 0 aromatic heterocycles. The molecule has 0 spiro atoms. The Morgan fingerprint density at radius 2 is 1.52 bits per heavy atom. The fourth-order valence-corrected chi connectivity index (χ4v) is 3.71. The van der Waals surface area contributed by atoms with Gasteiger partial charge in [-0.3, -0.25) is 14.5 Å². The number of carbonyl (C=O) groups is 3. The first kappa shape index (κ1) is 20.1. The van der Waals surface area contributed by atoms with E-state index in [1.165, 1.54) is 23.1 Å². The van der Waals surface area contributed by atoms with Crippen LogP contribution in [0.4, 0.5) is 5.69 Å². The van der Waals surface area contributed by atoms with Crippen LogP contribution in [0.15, 0.2) is 84.4 Å². The summed E-state index contributed by atoms with van der Waals surface area (Å²) in [6.45, 7) is 1.90. The summed E-state index contributed by atoms with van der Waals surface area (Å²) in [7, 11) is 0. The minimum Gasteiger partial charge on any atom is -0.507 e. The molecule has 1 atom stereocenters. The van der Waals surface area contributed by atoms with Crippen molar-refractivity contribution in [2.45, 2.75) is 13.0 Å². The highest BCUT2D eigenvalue weighted by Gasteiger charge is 2.47. The average molecular weight is 413 g/mol. The lowest BCUT2D eigenvalue weighted by atomic mass is 9.95. The summed E-state index contributed by atoms with van der Waals surface area (Å²) in [5.41, 5.74) is 2.24. The lowest BCUT2D eigenvalue weighted by Gasteiger charge is -2.25. The van der Waals surface area contributed by atoms with Crippen molar-refractivity contribution < 1.29 is 24.6 Å². The van der Waals surface area contributed by atoms with Crippen molar-refractivity contribution in [1.82, 2.24) is 0 Å². The molecule has 1 heterocycles. The summed E-state index contributed by atoms with van der Waals surface area (Å²) in [4.78, 5) is 38.8. The van der Waals surface area contributed by atoms with E-state index in [0.717, 1.165) is 5.56 Å². The van der Waals surface area contributed by atoms with Crippen LogP contribution in [-0.4, -0.2) is 27.9 Å². The summed E-state index contributed by atoms with van der Waals surface area (Å²) in [5.74, 6) is -3.07. The molecule has 1 aliphatic heterocycles. The first-order valence-electron chi connectivity index (χ1n) is 9.65. The van der Waals surface area contributed by atoms with Gasteiger partial charge in [0.1, 0.15) is 5.76 Å². The number of amides is 1. The molecule has 1 amide bonds. The molecule has 6 nitrogen and oxygen atoms in total. The molecule has 31 heavy (non-hydrogen) atoms. The maximum atomic E-state index is 13.1. The number of Topliss-reactive ketones (excluding diaryl/α,β-unsaturated/α-hetero) is 1. The van der Waals surface area contributed by atoms with E-state index in [1.54, 1.807) is 60.7 Å². The Bertz CT molecular complexity index is 1210. The van der Waals surface area contributed by atoms with Crippen molar-refractivity contribution in [2.75, 3.05) is 4.90 Å². The molecule has 1 unspecified atom stereocenters. The normalized spacial score (nSPS) is 17.7. The molecule has 3 aromatic rings. The molecular weight excluding hydrogens is 394 g/mol. The molecule has 0 saturated carbocycles. The maximum Gasteiger partial charge on any atom is 0.335 e. The van der Waals surface area contributed by atoms with E-state index in [1.807, 2.05) is 6.92 Å². The highest BCUT2D eigenvalue weighted by Crippen LogP contribution is 2.42. The van der Waals surface area contributed by atoms with Crippen LogP contribution in [0, 0.1) is 6.92 Å². The van der Waals surface area contributed by atoms with Crippen molar-refractivity contribution in [1.29, 1.82) is 0 Å². The van der Waals surface area contributed by atoms with Gasteiger partial charge in [-0.1, -0.05) is 66.2 Å². The Morgan fingerprint density at radius 3 is 2.16 bits per heavy atom. The number of anilines is 1. The lowest BCUT2D eigenvalue weighted by Crippen LogP contribution is -2.29. The minimum absolute atomic E-state index is 0.00949. The molecule has 1 aliphatic rings. The highest BCUT2D eigenvalue weighted by atomic mass is 16.4. The van der Waals surface area contributed by atoms with Crippen LogP contribution < -0.4 is 4.90 Å². The third kappa shape index (κ3) is 3.59. The zero-order chi connectivity index (χ0) is 22.1. The number of benzene rings is 3.